The van der Waals surface area contributed by atoms with Crippen LogP contribution in [-0.4, -0.2) is 15.5 Å². The van der Waals surface area contributed by atoms with Crippen LogP contribution in [0.25, 0.3) is 16.8 Å². The van der Waals surface area contributed by atoms with E-state index in [9.17, 15) is 0 Å². The van der Waals surface area contributed by atoms with E-state index in [0.717, 1.165) is 17.1 Å². The lowest BCUT2D eigenvalue weighted by atomic mass is 10.0. The second-order valence-electron chi connectivity index (χ2n) is 5.69. The van der Waals surface area contributed by atoms with Gasteiger partial charge in [0, 0.05) is 23.7 Å². The molecule has 0 aliphatic rings. The van der Waals surface area contributed by atoms with E-state index >= 15 is 0 Å². The summed E-state index contributed by atoms with van der Waals surface area (Å²) in [4.78, 5) is 4.40. The van der Waals surface area contributed by atoms with Crippen LogP contribution in [0.3, 0.4) is 0 Å². The highest BCUT2D eigenvalue weighted by Gasteiger charge is 2.07. The van der Waals surface area contributed by atoms with E-state index in [-0.39, 0.29) is 6.10 Å². The third-order valence-corrected chi connectivity index (χ3v) is 3.58. The molecule has 3 nitrogen and oxygen atoms in total. The van der Waals surface area contributed by atoms with Crippen molar-refractivity contribution in [2.75, 3.05) is 0 Å². The quantitative estimate of drug-likeness (QED) is 0.644. The van der Waals surface area contributed by atoms with Gasteiger partial charge in [0.05, 0.1) is 6.10 Å². The number of hydrogen-bond acceptors (Lipinski definition) is 2. The number of ether oxygens (including phenoxy) is 1. The molecule has 2 heterocycles. The summed E-state index contributed by atoms with van der Waals surface area (Å²) in [6.07, 6.45) is 4.26. The Labute approximate surface area is 139 Å². The van der Waals surface area contributed by atoms with Gasteiger partial charge < -0.3 is 9.14 Å². The van der Waals surface area contributed by atoms with Crippen LogP contribution in [0.1, 0.15) is 39.0 Å². The molecule has 0 aliphatic carbocycles. The molecule has 0 saturated carbocycles. The number of hydrogen-bond donors (Lipinski definition) is 0. The molecule has 0 saturated heterocycles. The predicted octanol–water partition coefficient (Wildman–Crippen LogP) is 5.43. The van der Waals surface area contributed by atoms with Gasteiger partial charge in [-0.15, -0.1) is 0 Å². The van der Waals surface area contributed by atoms with Crippen LogP contribution < -0.4 is 4.74 Å². The van der Waals surface area contributed by atoms with Crippen LogP contribution in [0.2, 0.25) is 0 Å². The molecule has 0 spiro atoms. The lowest BCUT2D eigenvalue weighted by Gasteiger charge is -2.12. The van der Waals surface area contributed by atoms with Crippen molar-refractivity contribution in [1.82, 2.24) is 9.38 Å². The van der Waals surface area contributed by atoms with Crippen molar-refractivity contribution in [3.05, 3.63) is 54.0 Å². The molecule has 3 rings (SSSR count). The van der Waals surface area contributed by atoms with Crippen LogP contribution >= 0.6 is 0 Å². The number of fused-ring (bicyclic) bond motifs is 1. The van der Waals surface area contributed by atoms with Gasteiger partial charge in [-0.3, -0.25) is 0 Å². The lowest BCUT2D eigenvalue weighted by molar-refractivity contribution is 0.242. The highest BCUT2D eigenvalue weighted by molar-refractivity contribution is 5.69. The summed E-state index contributed by atoms with van der Waals surface area (Å²) in [5.41, 5.74) is 5.78. The highest BCUT2D eigenvalue weighted by Crippen LogP contribution is 2.27. The number of aromatic nitrogens is 2. The van der Waals surface area contributed by atoms with Crippen LogP contribution in [0.15, 0.2) is 42.7 Å². The summed E-state index contributed by atoms with van der Waals surface area (Å²) in [5, 5.41) is 0. The summed E-state index contributed by atoms with van der Waals surface area (Å²) in [7, 11) is 0. The maximum Gasteiger partial charge on any atom is 0.137 e. The van der Waals surface area contributed by atoms with Crippen LogP contribution in [-0.2, 0) is 0 Å². The van der Waals surface area contributed by atoms with Gasteiger partial charge in [0.25, 0.3) is 0 Å². The summed E-state index contributed by atoms with van der Waals surface area (Å²) in [6.45, 7) is 12.3. The molecule has 0 N–H and O–H groups in total. The summed E-state index contributed by atoms with van der Waals surface area (Å²) < 4.78 is 7.82. The average Bonchev–Trinajstić information content (AvgIpc) is 2.89. The van der Waals surface area contributed by atoms with Gasteiger partial charge in [0.2, 0.25) is 0 Å². The van der Waals surface area contributed by atoms with Crippen LogP contribution in [0, 0.1) is 13.8 Å². The predicted molar refractivity (Wildman–Crippen MR) is 97.2 cm³/mol. The Kier molecular flexibility index (Phi) is 5.43. The van der Waals surface area contributed by atoms with Crippen molar-refractivity contribution in [1.29, 1.82) is 0 Å². The fourth-order valence-corrected chi connectivity index (χ4v) is 2.53. The Morgan fingerprint density at radius 2 is 1.70 bits per heavy atom. The fraction of sp³-hybridized carbons (Fsp3) is 0.350. The largest absolute Gasteiger partial charge is 0.491 e. The highest BCUT2D eigenvalue weighted by atomic mass is 16.5. The molecule has 3 heteroatoms. The maximum atomic E-state index is 5.70. The molecule has 1 aromatic carbocycles. The van der Waals surface area contributed by atoms with Gasteiger partial charge in [0.1, 0.15) is 11.4 Å². The molecule has 0 bridgehead atoms. The van der Waals surface area contributed by atoms with Crippen molar-refractivity contribution in [2.45, 2.75) is 47.6 Å². The van der Waals surface area contributed by atoms with Gasteiger partial charge in [-0.25, -0.2) is 4.98 Å². The first kappa shape index (κ1) is 17.1. The number of benzene rings is 1. The molecule has 0 radical (unpaired) electrons. The van der Waals surface area contributed by atoms with E-state index in [1.807, 2.05) is 46.0 Å². The number of aryl methyl sites for hydroxylation is 2. The molecule has 2 aromatic heterocycles. The number of pyridine rings is 1. The van der Waals surface area contributed by atoms with Gasteiger partial charge >= 0.3 is 0 Å². The van der Waals surface area contributed by atoms with Crippen molar-refractivity contribution >= 4 is 5.65 Å². The average molecular weight is 310 g/mol. The minimum atomic E-state index is 0.197. The van der Waals surface area contributed by atoms with E-state index in [1.54, 1.807) is 0 Å². The van der Waals surface area contributed by atoms with Crippen LogP contribution in [0.4, 0.5) is 0 Å². The molecular formula is C20H26N2O. The smallest absolute Gasteiger partial charge is 0.137 e. The molecule has 0 aliphatic heterocycles. The van der Waals surface area contributed by atoms with Gasteiger partial charge in [-0.1, -0.05) is 26.0 Å². The first-order valence-corrected chi connectivity index (χ1v) is 8.26. The minimum absolute atomic E-state index is 0.197. The van der Waals surface area contributed by atoms with E-state index in [4.69, 9.17) is 4.74 Å². The number of rotatable bonds is 3. The summed E-state index contributed by atoms with van der Waals surface area (Å²) >= 11 is 0. The second kappa shape index (κ2) is 7.32. The van der Waals surface area contributed by atoms with Crippen molar-refractivity contribution in [2.24, 2.45) is 0 Å². The molecule has 3 aromatic rings. The molecule has 0 atom stereocenters. The Morgan fingerprint density at radius 3 is 2.30 bits per heavy atom. The topological polar surface area (TPSA) is 26.5 Å². The Bertz CT molecular complexity index is 770. The molecule has 0 fully saturated rings. The number of nitrogens with zero attached hydrogens (tertiary/aromatic N) is 2. The van der Waals surface area contributed by atoms with Crippen LogP contribution in [0.5, 0.6) is 5.75 Å². The molecule has 23 heavy (non-hydrogen) atoms. The maximum absolute atomic E-state index is 5.70. The first-order valence-electron chi connectivity index (χ1n) is 8.26. The van der Waals surface area contributed by atoms with Gasteiger partial charge in [-0.05, 0) is 57.0 Å². The third kappa shape index (κ3) is 3.73. The molecule has 0 unspecified atom stereocenters. The van der Waals surface area contributed by atoms with Gasteiger partial charge in [-0.2, -0.15) is 0 Å². The van der Waals surface area contributed by atoms with E-state index < -0.39 is 0 Å². The molecule has 122 valence electrons. The third-order valence-electron chi connectivity index (χ3n) is 3.58. The van der Waals surface area contributed by atoms with Crippen molar-refractivity contribution in [3.8, 4) is 16.9 Å². The first-order chi connectivity index (χ1) is 11.0. The summed E-state index contributed by atoms with van der Waals surface area (Å²) in [6, 6.07) is 10.4. The van der Waals surface area contributed by atoms with E-state index in [0.29, 0.717) is 0 Å². The standard InChI is InChI=1S/C18H20N2O.C2H6/c1-12(2)21-16-7-5-15(6-8-16)17-11-20-14(4)10-19-18(20)9-13(17)3;1-2/h5-12H,1-4H3;1-2H3. The zero-order valence-electron chi connectivity index (χ0n) is 14.9. The molecule has 0 amide bonds. The molecular weight excluding hydrogens is 284 g/mol. The normalized spacial score (nSPS) is 10.6. The Hall–Kier alpha value is -2.29. The summed E-state index contributed by atoms with van der Waals surface area (Å²) in [5.74, 6) is 0.909. The Morgan fingerprint density at radius 1 is 1.04 bits per heavy atom. The van der Waals surface area contributed by atoms with E-state index in [2.05, 4.69) is 47.6 Å². The van der Waals surface area contributed by atoms with Gasteiger partial charge in [0.15, 0.2) is 0 Å². The van der Waals surface area contributed by atoms with Crippen molar-refractivity contribution < 1.29 is 4.74 Å². The Balaban J connectivity index is 0.000000924. The number of imidazole rings is 1. The SMILES string of the molecule is CC.Cc1cc2ncc(C)n2cc1-c1ccc(OC(C)C)cc1. The zero-order valence-corrected chi connectivity index (χ0v) is 14.9. The fourth-order valence-electron chi connectivity index (χ4n) is 2.53. The monoisotopic (exact) mass is 310 g/mol. The lowest BCUT2D eigenvalue weighted by Crippen LogP contribution is -2.05. The van der Waals surface area contributed by atoms with Crippen molar-refractivity contribution in [3.63, 3.8) is 0 Å². The zero-order chi connectivity index (χ0) is 17.0. The minimum Gasteiger partial charge on any atom is -0.491 e. The second-order valence-corrected chi connectivity index (χ2v) is 5.69. The van der Waals surface area contributed by atoms with E-state index in [1.165, 1.54) is 16.7 Å².